The number of hydrogen-bond acceptors (Lipinski definition) is 3. The van der Waals surface area contributed by atoms with E-state index in [2.05, 4.69) is 10.0 Å². The Morgan fingerprint density at radius 3 is 2.57 bits per heavy atom. The molecule has 118 valence electrons. The van der Waals surface area contributed by atoms with E-state index in [1.807, 2.05) is 6.92 Å². The third-order valence-electron chi connectivity index (χ3n) is 3.55. The smallest absolute Gasteiger partial charge is 0.313 e. The topological polar surface area (TPSA) is 58.2 Å². The first kappa shape index (κ1) is 16.3. The summed E-state index contributed by atoms with van der Waals surface area (Å²) in [5, 5.41) is 3.10. The largest absolute Gasteiger partial charge is 0.417 e. The lowest BCUT2D eigenvalue weighted by Gasteiger charge is -2.30. The van der Waals surface area contributed by atoms with Gasteiger partial charge in [0.2, 0.25) is 10.0 Å². The van der Waals surface area contributed by atoms with Gasteiger partial charge in [-0.3, -0.25) is 0 Å². The zero-order valence-corrected chi connectivity index (χ0v) is 12.3. The molecule has 0 amide bonds. The van der Waals surface area contributed by atoms with Gasteiger partial charge in [0.05, 0.1) is 10.5 Å². The van der Waals surface area contributed by atoms with E-state index in [1.165, 1.54) is 12.1 Å². The highest BCUT2D eigenvalue weighted by atomic mass is 32.2. The highest BCUT2D eigenvalue weighted by Gasteiger charge is 2.38. The summed E-state index contributed by atoms with van der Waals surface area (Å²) < 4.78 is 65.7. The van der Waals surface area contributed by atoms with Gasteiger partial charge in [-0.25, -0.2) is 13.1 Å². The maximum atomic E-state index is 12.9. The van der Waals surface area contributed by atoms with Crippen LogP contribution >= 0.6 is 0 Å². The first-order valence-corrected chi connectivity index (χ1v) is 8.12. The predicted molar refractivity (Wildman–Crippen MR) is 72.3 cm³/mol. The van der Waals surface area contributed by atoms with Gasteiger partial charge in [0.15, 0.2) is 0 Å². The fraction of sp³-hybridized carbons (Fsp3) is 0.538. The molecule has 2 N–H and O–H groups in total. The molecule has 0 saturated carbocycles. The standard InChI is InChI=1S/C13H17F3N2O2S/c1-9-11(6-4-8-17-9)18-21(19,20)12-7-3-2-5-10(12)13(14,15)16/h2-3,5,7,9,11,17-18H,4,6,8H2,1H3. The number of sulfonamides is 1. The molecule has 0 aromatic heterocycles. The quantitative estimate of drug-likeness (QED) is 0.896. The van der Waals surface area contributed by atoms with Gasteiger partial charge in [-0.1, -0.05) is 12.1 Å². The van der Waals surface area contributed by atoms with E-state index >= 15 is 0 Å². The Bertz CT molecular complexity index is 602. The van der Waals surface area contributed by atoms with E-state index in [4.69, 9.17) is 0 Å². The van der Waals surface area contributed by atoms with Crippen molar-refractivity contribution in [2.45, 2.75) is 42.9 Å². The SMILES string of the molecule is CC1NCCCC1NS(=O)(=O)c1ccccc1C(F)(F)F. The number of hydrogen-bond donors (Lipinski definition) is 2. The van der Waals surface area contributed by atoms with Crippen molar-refractivity contribution < 1.29 is 21.6 Å². The van der Waals surface area contributed by atoms with E-state index in [0.29, 0.717) is 6.42 Å². The molecule has 2 atom stereocenters. The van der Waals surface area contributed by atoms with Gasteiger partial charge in [-0.2, -0.15) is 13.2 Å². The fourth-order valence-electron chi connectivity index (χ4n) is 2.40. The molecule has 0 bridgehead atoms. The van der Waals surface area contributed by atoms with Gasteiger partial charge < -0.3 is 5.32 Å². The summed E-state index contributed by atoms with van der Waals surface area (Å²) in [6.45, 7) is 2.58. The highest BCUT2D eigenvalue weighted by molar-refractivity contribution is 7.89. The van der Waals surface area contributed by atoms with Crippen molar-refractivity contribution in [3.8, 4) is 0 Å². The molecule has 1 heterocycles. The van der Waals surface area contributed by atoms with Crippen molar-refractivity contribution in [3.63, 3.8) is 0 Å². The Labute approximate surface area is 121 Å². The molecule has 21 heavy (non-hydrogen) atoms. The molecular formula is C13H17F3N2O2S. The van der Waals surface area contributed by atoms with Gasteiger partial charge in [-0.15, -0.1) is 0 Å². The Morgan fingerprint density at radius 1 is 1.29 bits per heavy atom. The molecule has 1 saturated heterocycles. The molecule has 0 aliphatic carbocycles. The molecule has 1 aromatic carbocycles. The van der Waals surface area contributed by atoms with Crippen LogP contribution in [0.25, 0.3) is 0 Å². The number of rotatable bonds is 3. The van der Waals surface area contributed by atoms with Crippen molar-refractivity contribution in [2.75, 3.05) is 6.54 Å². The molecule has 0 spiro atoms. The van der Waals surface area contributed by atoms with Crippen molar-refractivity contribution in [1.29, 1.82) is 0 Å². The van der Waals surface area contributed by atoms with Gasteiger partial charge >= 0.3 is 6.18 Å². The Hall–Kier alpha value is -1.12. The number of piperidine rings is 1. The number of nitrogens with one attached hydrogen (secondary N) is 2. The lowest BCUT2D eigenvalue weighted by Crippen LogP contribution is -2.51. The minimum Gasteiger partial charge on any atom is -0.313 e. The molecule has 8 heteroatoms. The Morgan fingerprint density at radius 2 is 1.95 bits per heavy atom. The van der Waals surface area contributed by atoms with Crippen LogP contribution in [0.4, 0.5) is 13.2 Å². The van der Waals surface area contributed by atoms with Crippen LogP contribution in [0.3, 0.4) is 0 Å². The normalized spacial score (nSPS) is 24.0. The summed E-state index contributed by atoms with van der Waals surface area (Å²) in [7, 11) is -4.22. The van der Waals surface area contributed by atoms with Crippen LogP contribution in [0.1, 0.15) is 25.3 Å². The van der Waals surface area contributed by atoms with Crippen LogP contribution in [0.2, 0.25) is 0 Å². The number of benzene rings is 1. The van der Waals surface area contributed by atoms with Gasteiger partial charge in [0.25, 0.3) is 0 Å². The minimum atomic E-state index is -4.71. The second-order valence-corrected chi connectivity index (χ2v) is 6.79. The van der Waals surface area contributed by atoms with Gasteiger partial charge in [-0.05, 0) is 38.4 Å². The molecule has 1 aliphatic rings. The molecule has 2 rings (SSSR count). The van der Waals surface area contributed by atoms with E-state index in [1.54, 1.807) is 0 Å². The lowest BCUT2D eigenvalue weighted by atomic mass is 10.0. The molecule has 1 fully saturated rings. The van der Waals surface area contributed by atoms with Crippen LogP contribution in [-0.4, -0.2) is 27.0 Å². The average molecular weight is 322 g/mol. The molecular weight excluding hydrogens is 305 g/mol. The maximum Gasteiger partial charge on any atom is 0.417 e. The summed E-state index contributed by atoms with van der Waals surface area (Å²) >= 11 is 0. The molecule has 2 unspecified atom stereocenters. The van der Waals surface area contributed by atoms with Crippen LogP contribution in [0.15, 0.2) is 29.2 Å². The Balaban J connectivity index is 2.32. The lowest BCUT2D eigenvalue weighted by molar-refractivity contribution is -0.139. The van der Waals surface area contributed by atoms with Crippen LogP contribution in [-0.2, 0) is 16.2 Å². The summed E-state index contributed by atoms with van der Waals surface area (Å²) in [4.78, 5) is -0.727. The number of halogens is 3. The van der Waals surface area contributed by atoms with Crippen LogP contribution in [0.5, 0.6) is 0 Å². The zero-order chi connectivity index (χ0) is 15.7. The second-order valence-electron chi connectivity index (χ2n) is 5.11. The third-order valence-corrected chi connectivity index (χ3v) is 5.10. The van der Waals surface area contributed by atoms with Crippen molar-refractivity contribution in [3.05, 3.63) is 29.8 Å². The van der Waals surface area contributed by atoms with E-state index in [9.17, 15) is 21.6 Å². The molecule has 1 aromatic rings. The van der Waals surface area contributed by atoms with E-state index in [0.717, 1.165) is 25.1 Å². The summed E-state index contributed by atoms with van der Waals surface area (Å²) in [6, 6.07) is 3.68. The maximum absolute atomic E-state index is 12.9. The minimum absolute atomic E-state index is 0.119. The first-order valence-electron chi connectivity index (χ1n) is 6.64. The summed E-state index contributed by atoms with van der Waals surface area (Å²) in [5.41, 5.74) is -1.14. The fourth-order valence-corrected chi connectivity index (χ4v) is 3.98. The monoisotopic (exact) mass is 322 g/mol. The third kappa shape index (κ3) is 3.75. The van der Waals surface area contributed by atoms with Crippen LogP contribution in [0, 0.1) is 0 Å². The van der Waals surface area contributed by atoms with Gasteiger partial charge in [0, 0.05) is 12.1 Å². The summed E-state index contributed by atoms with van der Waals surface area (Å²) in [5.74, 6) is 0. The van der Waals surface area contributed by atoms with Crippen LogP contribution < -0.4 is 10.0 Å². The molecule has 1 aliphatic heterocycles. The Kier molecular flexibility index (Phi) is 4.60. The van der Waals surface area contributed by atoms with Crippen molar-refractivity contribution >= 4 is 10.0 Å². The first-order chi connectivity index (χ1) is 9.72. The highest BCUT2D eigenvalue weighted by Crippen LogP contribution is 2.34. The predicted octanol–water partition coefficient (Wildman–Crippen LogP) is 2.12. The summed E-state index contributed by atoms with van der Waals surface area (Å²) in [6.07, 6.45) is -3.33. The molecule has 0 radical (unpaired) electrons. The van der Waals surface area contributed by atoms with Crippen molar-refractivity contribution in [1.82, 2.24) is 10.0 Å². The zero-order valence-electron chi connectivity index (χ0n) is 11.4. The van der Waals surface area contributed by atoms with Gasteiger partial charge in [0.1, 0.15) is 0 Å². The van der Waals surface area contributed by atoms with E-state index < -0.39 is 32.7 Å². The van der Waals surface area contributed by atoms with Crippen molar-refractivity contribution in [2.24, 2.45) is 0 Å². The second kappa shape index (κ2) is 5.94. The molecule has 4 nitrogen and oxygen atoms in total. The number of alkyl halides is 3. The van der Waals surface area contributed by atoms with E-state index in [-0.39, 0.29) is 6.04 Å². The average Bonchev–Trinajstić information content (AvgIpc) is 2.40.